The first-order valence-corrected chi connectivity index (χ1v) is 6.94. The van der Waals surface area contributed by atoms with Crippen LogP contribution < -0.4 is 0 Å². The first-order chi connectivity index (χ1) is 8.49. The molecule has 0 aliphatic carbocycles. The molecule has 0 N–H and O–H groups in total. The van der Waals surface area contributed by atoms with Crippen molar-refractivity contribution in [2.45, 2.75) is 52.6 Å². The van der Waals surface area contributed by atoms with Gasteiger partial charge in [-0.1, -0.05) is 27.2 Å². The highest BCUT2D eigenvalue weighted by atomic mass is 35.5. The van der Waals surface area contributed by atoms with Crippen LogP contribution in [0.15, 0.2) is 0 Å². The number of esters is 2. The second-order valence-electron chi connectivity index (χ2n) is 4.65. The van der Waals surface area contributed by atoms with Crippen molar-refractivity contribution >= 4 is 23.5 Å². The van der Waals surface area contributed by atoms with E-state index in [4.69, 9.17) is 21.1 Å². The van der Waals surface area contributed by atoms with Gasteiger partial charge in [0.25, 0.3) is 0 Å². The summed E-state index contributed by atoms with van der Waals surface area (Å²) in [4.78, 5) is 22.8. The molecule has 0 heterocycles. The fourth-order valence-corrected chi connectivity index (χ4v) is 1.37. The predicted molar refractivity (Wildman–Crippen MR) is 70.5 cm³/mol. The molecule has 0 aromatic heterocycles. The Morgan fingerprint density at radius 1 is 1.22 bits per heavy atom. The minimum atomic E-state index is -0.587. The van der Waals surface area contributed by atoms with Crippen molar-refractivity contribution in [3.8, 4) is 0 Å². The fraction of sp³-hybridized carbons (Fsp3) is 0.846. The average Bonchev–Trinajstić information content (AvgIpc) is 2.32. The standard InChI is InChI=1S/C13H23ClO4/c1-4-5-6-12(15)18-11(8-14)7-13(16)17-9-10(2)3/h10-11H,4-9H2,1-3H3. The van der Waals surface area contributed by atoms with E-state index in [1.54, 1.807) is 0 Å². The molecular formula is C13H23ClO4. The Morgan fingerprint density at radius 2 is 1.89 bits per heavy atom. The van der Waals surface area contributed by atoms with Crippen molar-refractivity contribution < 1.29 is 19.1 Å². The van der Waals surface area contributed by atoms with Gasteiger partial charge in [-0.2, -0.15) is 0 Å². The third-order valence-corrected chi connectivity index (χ3v) is 2.52. The lowest BCUT2D eigenvalue weighted by Gasteiger charge is -2.15. The van der Waals surface area contributed by atoms with Crippen LogP contribution in [0.4, 0.5) is 0 Å². The molecule has 18 heavy (non-hydrogen) atoms. The van der Waals surface area contributed by atoms with Crippen LogP contribution in [0.2, 0.25) is 0 Å². The highest BCUT2D eigenvalue weighted by Gasteiger charge is 2.18. The van der Waals surface area contributed by atoms with Gasteiger partial charge in [0.2, 0.25) is 0 Å². The normalized spacial score (nSPS) is 12.3. The van der Waals surface area contributed by atoms with E-state index < -0.39 is 6.10 Å². The van der Waals surface area contributed by atoms with Gasteiger partial charge in [0.15, 0.2) is 0 Å². The summed E-state index contributed by atoms with van der Waals surface area (Å²) in [5, 5.41) is 0. The topological polar surface area (TPSA) is 52.6 Å². The maximum Gasteiger partial charge on any atom is 0.309 e. The molecule has 5 heteroatoms. The number of carbonyl (C=O) groups excluding carboxylic acids is 2. The van der Waals surface area contributed by atoms with Crippen molar-refractivity contribution in [1.82, 2.24) is 0 Å². The largest absolute Gasteiger partial charge is 0.465 e. The number of hydrogen-bond acceptors (Lipinski definition) is 4. The first kappa shape index (κ1) is 17.2. The molecule has 1 unspecified atom stereocenters. The van der Waals surface area contributed by atoms with Crippen LogP contribution in [0, 0.1) is 5.92 Å². The van der Waals surface area contributed by atoms with Crippen LogP contribution in [0.1, 0.15) is 46.5 Å². The van der Waals surface area contributed by atoms with Crippen molar-refractivity contribution in [3.05, 3.63) is 0 Å². The zero-order valence-electron chi connectivity index (χ0n) is 11.4. The molecule has 0 spiro atoms. The molecule has 4 nitrogen and oxygen atoms in total. The van der Waals surface area contributed by atoms with Gasteiger partial charge in [-0.3, -0.25) is 9.59 Å². The third kappa shape index (κ3) is 9.28. The molecule has 0 aromatic rings. The monoisotopic (exact) mass is 278 g/mol. The fourth-order valence-electron chi connectivity index (χ4n) is 1.20. The summed E-state index contributed by atoms with van der Waals surface area (Å²) >= 11 is 5.67. The Labute approximate surface area is 114 Å². The molecule has 0 amide bonds. The number of halogens is 1. The summed E-state index contributed by atoms with van der Waals surface area (Å²) in [6.45, 7) is 6.28. The van der Waals surface area contributed by atoms with E-state index in [0.717, 1.165) is 12.8 Å². The average molecular weight is 279 g/mol. The van der Waals surface area contributed by atoms with Gasteiger partial charge < -0.3 is 9.47 Å². The second kappa shape index (κ2) is 10.2. The Kier molecular flexibility index (Phi) is 9.74. The molecular weight excluding hydrogens is 256 g/mol. The lowest BCUT2D eigenvalue weighted by atomic mass is 10.2. The number of ether oxygens (including phenoxy) is 2. The minimum Gasteiger partial charge on any atom is -0.465 e. The van der Waals surface area contributed by atoms with Crippen LogP contribution >= 0.6 is 11.6 Å². The number of carbonyl (C=O) groups is 2. The zero-order chi connectivity index (χ0) is 14.0. The Morgan fingerprint density at radius 3 is 2.39 bits per heavy atom. The van der Waals surface area contributed by atoms with Crippen molar-refractivity contribution in [2.24, 2.45) is 5.92 Å². The minimum absolute atomic E-state index is 0.0219. The molecule has 0 bridgehead atoms. The van der Waals surface area contributed by atoms with Gasteiger partial charge in [-0.25, -0.2) is 0 Å². The van der Waals surface area contributed by atoms with Crippen LogP contribution in [-0.2, 0) is 19.1 Å². The number of hydrogen-bond donors (Lipinski definition) is 0. The smallest absolute Gasteiger partial charge is 0.309 e. The number of unbranched alkanes of at least 4 members (excludes halogenated alkanes) is 1. The van der Waals surface area contributed by atoms with Crippen LogP contribution in [0.3, 0.4) is 0 Å². The van der Waals surface area contributed by atoms with Gasteiger partial charge in [0.1, 0.15) is 6.10 Å². The number of alkyl halides is 1. The lowest BCUT2D eigenvalue weighted by molar-refractivity contribution is -0.154. The van der Waals surface area contributed by atoms with Crippen LogP contribution in [-0.4, -0.2) is 30.5 Å². The summed E-state index contributed by atoms with van der Waals surface area (Å²) in [7, 11) is 0. The molecule has 0 fully saturated rings. The van der Waals surface area contributed by atoms with E-state index in [1.165, 1.54) is 0 Å². The Bertz CT molecular complexity index is 253. The predicted octanol–water partition coefficient (Wildman–Crippen LogP) is 2.92. The van der Waals surface area contributed by atoms with E-state index in [-0.39, 0.29) is 30.2 Å². The third-order valence-electron chi connectivity index (χ3n) is 2.18. The van der Waals surface area contributed by atoms with Gasteiger partial charge in [0, 0.05) is 6.42 Å². The lowest BCUT2D eigenvalue weighted by Crippen LogP contribution is -2.24. The van der Waals surface area contributed by atoms with E-state index in [1.807, 2.05) is 20.8 Å². The van der Waals surface area contributed by atoms with Crippen molar-refractivity contribution in [1.29, 1.82) is 0 Å². The van der Waals surface area contributed by atoms with Crippen molar-refractivity contribution in [3.63, 3.8) is 0 Å². The van der Waals surface area contributed by atoms with E-state index in [9.17, 15) is 9.59 Å². The zero-order valence-corrected chi connectivity index (χ0v) is 12.2. The van der Waals surface area contributed by atoms with Crippen LogP contribution in [0.5, 0.6) is 0 Å². The molecule has 0 aliphatic heterocycles. The Balaban J connectivity index is 3.94. The van der Waals surface area contributed by atoms with E-state index in [2.05, 4.69) is 0 Å². The first-order valence-electron chi connectivity index (χ1n) is 6.40. The summed E-state index contributed by atoms with van der Waals surface area (Å²) in [5.74, 6) is -0.290. The molecule has 0 radical (unpaired) electrons. The van der Waals surface area contributed by atoms with Gasteiger partial charge in [-0.15, -0.1) is 11.6 Å². The SMILES string of the molecule is CCCCC(=O)OC(CCl)CC(=O)OCC(C)C. The van der Waals surface area contributed by atoms with Gasteiger partial charge in [-0.05, 0) is 12.3 Å². The molecule has 0 aliphatic rings. The van der Waals surface area contributed by atoms with Gasteiger partial charge in [0.05, 0.1) is 18.9 Å². The molecule has 0 saturated carbocycles. The summed E-state index contributed by atoms with van der Waals surface area (Å²) < 4.78 is 10.1. The molecule has 0 saturated heterocycles. The maximum atomic E-state index is 11.4. The highest BCUT2D eigenvalue weighted by Crippen LogP contribution is 2.07. The summed E-state index contributed by atoms with van der Waals surface area (Å²) in [6.07, 6.45) is 1.51. The Hall–Kier alpha value is -0.770. The molecule has 1 atom stereocenters. The molecule has 106 valence electrons. The number of rotatable bonds is 9. The molecule has 0 rings (SSSR count). The van der Waals surface area contributed by atoms with Gasteiger partial charge >= 0.3 is 11.9 Å². The van der Waals surface area contributed by atoms with E-state index >= 15 is 0 Å². The highest BCUT2D eigenvalue weighted by molar-refractivity contribution is 6.18. The quantitative estimate of drug-likeness (QED) is 0.481. The maximum absolute atomic E-state index is 11.4. The van der Waals surface area contributed by atoms with Crippen molar-refractivity contribution in [2.75, 3.05) is 12.5 Å². The van der Waals surface area contributed by atoms with Crippen LogP contribution in [0.25, 0.3) is 0 Å². The molecule has 0 aromatic carbocycles. The summed E-state index contributed by atoms with van der Waals surface area (Å²) in [5.41, 5.74) is 0. The van der Waals surface area contributed by atoms with E-state index in [0.29, 0.717) is 13.0 Å². The second-order valence-corrected chi connectivity index (χ2v) is 4.96. The summed E-state index contributed by atoms with van der Waals surface area (Å²) in [6, 6.07) is 0.